The van der Waals surface area contributed by atoms with Crippen LogP contribution in [0.15, 0.2) is 34.2 Å². The quantitative estimate of drug-likeness (QED) is 0.253. The molecule has 0 aromatic heterocycles. The molecule has 0 spiro atoms. The molecule has 132 valence electrons. The second-order valence-electron chi connectivity index (χ2n) is 5.44. The molecular weight excluding hydrogens is 334 g/mol. The summed E-state index contributed by atoms with van der Waals surface area (Å²) >= 11 is 0. The van der Waals surface area contributed by atoms with E-state index >= 15 is 0 Å². The van der Waals surface area contributed by atoms with Crippen molar-refractivity contribution in [2.75, 3.05) is 26.2 Å². The summed E-state index contributed by atoms with van der Waals surface area (Å²) in [6.45, 7) is 2.01. The summed E-state index contributed by atoms with van der Waals surface area (Å²) in [6.07, 6.45) is 3.35. The van der Waals surface area contributed by atoms with Gasteiger partial charge in [-0.15, -0.1) is 0 Å². The Hall–Kier alpha value is -2.20. The van der Waals surface area contributed by atoms with Gasteiger partial charge in [-0.1, -0.05) is 6.07 Å². The fourth-order valence-electron chi connectivity index (χ4n) is 2.42. The number of rotatable bonds is 6. The first kappa shape index (κ1) is 18.1. The maximum absolute atomic E-state index is 12.1. The number of hydrogen-bond donors (Lipinski definition) is 2. The number of likely N-dealkylation sites (tertiary alicyclic amines) is 1. The minimum Gasteiger partial charge on any atom is -0.370 e. The lowest BCUT2D eigenvalue weighted by Gasteiger charge is -2.27. The second-order valence-corrected chi connectivity index (χ2v) is 7.21. The van der Waals surface area contributed by atoms with Crippen LogP contribution < -0.4 is 10.5 Å². The van der Waals surface area contributed by atoms with Crippen molar-refractivity contribution in [3.05, 3.63) is 34.4 Å². The number of nitrogens with zero attached hydrogens (tertiary/aromatic N) is 3. The van der Waals surface area contributed by atoms with Gasteiger partial charge in [-0.2, -0.15) is 0 Å². The normalized spacial score (nSPS) is 16.2. The van der Waals surface area contributed by atoms with Crippen LogP contribution in [0, 0.1) is 10.1 Å². The number of nitro benzene ring substituents is 1. The zero-order chi connectivity index (χ0) is 17.6. The lowest BCUT2D eigenvalue weighted by Crippen LogP contribution is -2.41. The van der Waals surface area contributed by atoms with E-state index < -0.39 is 14.9 Å². The van der Waals surface area contributed by atoms with Gasteiger partial charge in [0.2, 0.25) is 10.0 Å². The Kier molecular flexibility index (Phi) is 6.10. The summed E-state index contributed by atoms with van der Waals surface area (Å²) in [4.78, 5) is 16.1. The highest BCUT2D eigenvalue weighted by molar-refractivity contribution is 7.89. The van der Waals surface area contributed by atoms with E-state index in [4.69, 9.17) is 5.73 Å². The Bertz CT molecular complexity index is 714. The highest BCUT2D eigenvalue weighted by Gasteiger charge is 2.17. The van der Waals surface area contributed by atoms with Gasteiger partial charge in [-0.25, -0.2) is 13.1 Å². The topological polar surface area (TPSA) is 131 Å². The molecule has 24 heavy (non-hydrogen) atoms. The molecule has 0 unspecified atom stereocenters. The predicted molar refractivity (Wildman–Crippen MR) is 90.2 cm³/mol. The number of nitrogens with one attached hydrogen (secondary N) is 1. The molecule has 1 fully saturated rings. The third-order valence-electron chi connectivity index (χ3n) is 3.70. The molecule has 0 aliphatic carbocycles. The first-order valence-corrected chi connectivity index (χ1v) is 9.17. The molecule has 10 heteroatoms. The van der Waals surface area contributed by atoms with Gasteiger partial charge < -0.3 is 10.6 Å². The van der Waals surface area contributed by atoms with E-state index in [1.54, 1.807) is 0 Å². The minimum absolute atomic E-state index is 0.0690. The van der Waals surface area contributed by atoms with Crippen molar-refractivity contribution in [1.29, 1.82) is 0 Å². The van der Waals surface area contributed by atoms with Gasteiger partial charge in [0.25, 0.3) is 5.69 Å². The Morgan fingerprint density at radius 1 is 1.33 bits per heavy atom. The van der Waals surface area contributed by atoms with Crippen molar-refractivity contribution in [2.24, 2.45) is 10.7 Å². The third-order valence-corrected chi connectivity index (χ3v) is 5.16. The maximum Gasteiger partial charge on any atom is 0.270 e. The van der Waals surface area contributed by atoms with E-state index in [0.29, 0.717) is 5.96 Å². The number of guanidine groups is 1. The molecule has 3 N–H and O–H groups in total. The fourth-order valence-corrected chi connectivity index (χ4v) is 3.48. The average molecular weight is 355 g/mol. The van der Waals surface area contributed by atoms with E-state index in [2.05, 4.69) is 9.71 Å². The first-order chi connectivity index (χ1) is 11.4. The second kappa shape index (κ2) is 8.06. The van der Waals surface area contributed by atoms with Crippen LogP contribution in [0.25, 0.3) is 0 Å². The van der Waals surface area contributed by atoms with Crippen molar-refractivity contribution in [2.45, 2.75) is 24.2 Å². The van der Waals surface area contributed by atoms with E-state index in [9.17, 15) is 18.5 Å². The molecule has 0 atom stereocenters. The summed E-state index contributed by atoms with van der Waals surface area (Å²) in [6, 6.07) is 4.90. The number of benzene rings is 1. The van der Waals surface area contributed by atoms with Gasteiger partial charge in [0, 0.05) is 31.8 Å². The zero-order valence-corrected chi connectivity index (χ0v) is 14.0. The molecule has 9 nitrogen and oxygen atoms in total. The highest BCUT2D eigenvalue weighted by atomic mass is 32.2. The fraction of sp³-hybridized carbons (Fsp3) is 0.500. The Morgan fingerprint density at radius 3 is 2.71 bits per heavy atom. The van der Waals surface area contributed by atoms with Crippen LogP contribution in [0.1, 0.15) is 19.3 Å². The summed E-state index contributed by atoms with van der Waals surface area (Å²) in [7, 11) is -3.82. The van der Waals surface area contributed by atoms with Crippen LogP contribution in [0.2, 0.25) is 0 Å². The van der Waals surface area contributed by atoms with Gasteiger partial charge in [0.05, 0.1) is 16.4 Å². The number of nitro groups is 1. The molecule has 1 saturated heterocycles. The number of nitrogens with two attached hydrogens (primary N) is 1. The molecule has 1 heterocycles. The van der Waals surface area contributed by atoms with Crippen LogP contribution in [0.4, 0.5) is 5.69 Å². The van der Waals surface area contributed by atoms with Crippen LogP contribution in [-0.2, 0) is 10.0 Å². The lowest BCUT2D eigenvalue weighted by atomic mass is 10.1. The largest absolute Gasteiger partial charge is 0.370 e. The van der Waals surface area contributed by atoms with Crippen molar-refractivity contribution in [3.63, 3.8) is 0 Å². The number of piperidine rings is 1. The standard InChI is InChI=1S/C14H21N5O4S/c15-14(18-9-2-1-3-10-18)16-7-8-17-24(22,23)13-6-4-5-12(11-13)19(20)21/h4-6,11,17H,1-3,7-10H2,(H2,15,16). The van der Waals surface area contributed by atoms with Gasteiger partial charge in [0.1, 0.15) is 0 Å². The average Bonchev–Trinajstić information content (AvgIpc) is 2.59. The van der Waals surface area contributed by atoms with Crippen LogP contribution >= 0.6 is 0 Å². The summed E-state index contributed by atoms with van der Waals surface area (Å²) in [5, 5.41) is 10.7. The van der Waals surface area contributed by atoms with Crippen LogP contribution in [0.3, 0.4) is 0 Å². The van der Waals surface area contributed by atoms with Gasteiger partial charge >= 0.3 is 0 Å². The highest BCUT2D eigenvalue weighted by Crippen LogP contribution is 2.16. The van der Waals surface area contributed by atoms with Gasteiger partial charge in [0.15, 0.2) is 5.96 Å². The van der Waals surface area contributed by atoms with Crippen molar-refractivity contribution >= 4 is 21.7 Å². The van der Waals surface area contributed by atoms with E-state index in [0.717, 1.165) is 32.0 Å². The van der Waals surface area contributed by atoms with Crippen molar-refractivity contribution in [1.82, 2.24) is 9.62 Å². The number of hydrogen-bond acceptors (Lipinski definition) is 5. The lowest BCUT2D eigenvalue weighted by molar-refractivity contribution is -0.385. The molecule has 0 bridgehead atoms. The number of non-ortho nitro benzene ring substituents is 1. The van der Waals surface area contributed by atoms with Crippen molar-refractivity contribution < 1.29 is 13.3 Å². The molecule has 1 aliphatic rings. The number of sulfonamides is 1. The molecule has 2 rings (SSSR count). The van der Waals surface area contributed by atoms with E-state index in [1.807, 2.05) is 4.90 Å². The maximum atomic E-state index is 12.1. The summed E-state index contributed by atoms with van der Waals surface area (Å²) < 4.78 is 26.6. The monoisotopic (exact) mass is 355 g/mol. The zero-order valence-electron chi connectivity index (χ0n) is 13.2. The Labute approximate surface area is 140 Å². The molecule has 1 aliphatic heterocycles. The molecule has 0 amide bonds. The van der Waals surface area contributed by atoms with Gasteiger partial charge in [-0.3, -0.25) is 15.1 Å². The molecule has 0 saturated carbocycles. The SMILES string of the molecule is NC(=NCCNS(=O)(=O)c1cccc([N+](=O)[O-])c1)N1CCCCC1. The molecule has 1 aromatic rings. The molecule has 1 aromatic carbocycles. The minimum atomic E-state index is -3.82. The Balaban J connectivity index is 1.90. The van der Waals surface area contributed by atoms with E-state index in [-0.39, 0.29) is 23.7 Å². The van der Waals surface area contributed by atoms with Crippen molar-refractivity contribution in [3.8, 4) is 0 Å². The third kappa shape index (κ3) is 4.90. The summed E-state index contributed by atoms with van der Waals surface area (Å²) in [5.41, 5.74) is 5.61. The predicted octanol–water partition coefficient (Wildman–Crippen LogP) is 0.674. The van der Waals surface area contributed by atoms with Gasteiger partial charge in [-0.05, 0) is 25.3 Å². The van der Waals surface area contributed by atoms with E-state index in [1.165, 1.54) is 24.6 Å². The smallest absolute Gasteiger partial charge is 0.270 e. The molecule has 0 radical (unpaired) electrons. The van der Waals surface area contributed by atoms with Crippen LogP contribution in [0.5, 0.6) is 0 Å². The molecular formula is C14H21N5O4S. The summed E-state index contributed by atoms with van der Waals surface area (Å²) in [5.74, 6) is 0.421. The van der Waals surface area contributed by atoms with Crippen LogP contribution in [-0.4, -0.2) is 50.4 Å². The number of aliphatic imine (C=N–C) groups is 1. The Morgan fingerprint density at radius 2 is 2.04 bits per heavy atom. The first-order valence-electron chi connectivity index (χ1n) is 7.69.